The standard InChI is InChI=1S/C8H6O2S2/c9-7(10-8(11)12)6-4-2-1-3-5-6/h1-5H,(H,11,12). The molecule has 0 saturated carbocycles. The molecule has 0 atom stereocenters. The largest absolute Gasteiger partial charge is 0.405 e. The topological polar surface area (TPSA) is 26.3 Å². The van der Waals surface area contributed by atoms with Crippen molar-refractivity contribution >= 4 is 35.2 Å². The van der Waals surface area contributed by atoms with Gasteiger partial charge in [0.1, 0.15) is 0 Å². The van der Waals surface area contributed by atoms with E-state index in [2.05, 4.69) is 29.6 Å². The Hall–Kier alpha value is -0.870. The second kappa shape index (κ2) is 4.23. The SMILES string of the molecule is O=C(OC(=S)S)c1ccccc1. The number of ether oxygens (including phenoxy) is 1. The molecule has 0 N–H and O–H groups in total. The Morgan fingerprint density at radius 1 is 1.33 bits per heavy atom. The van der Waals surface area contributed by atoms with Gasteiger partial charge in [0, 0.05) is 0 Å². The van der Waals surface area contributed by atoms with Gasteiger partial charge in [-0.25, -0.2) is 4.79 Å². The Morgan fingerprint density at radius 3 is 2.42 bits per heavy atom. The van der Waals surface area contributed by atoms with Crippen LogP contribution in [0, 0.1) is 0 Å². The highest BCUT2D eigenvalue weighted by Crippen LogP contribution is 2.02. The maximum Gasteiger partial charge on any atom is 0.344 e. The minimum atomic E-state index is -0.476. The Labute approximate surface area is 81.0 Å². The first-order valence-corrected chi connectivity index (χ1v) is 4.06. The molecule has 1 aromatic rings. The Morgan fingerprint density at radius 2 is 1.92 bits per heavy atom. The number of esters is 1. The van der Waals surface area contributed by atoms with Crippen LogP contribution in [0.5, 0.6) is 0 Å². The Kier molecular flexibility index (Phi) is 3.25. The quantitative estimate of drug-likeness (QED) is 0.425. The molecule has 1 aromatic carbocycles. The van der Waals surface area contributed by atoms with Crippen molar-refractivity contribution in [2.24, 2.45) is 0 Å². The summed E-state index contributed by atoms with van der Waals surface area (Å²) in [7, 11) is 0. The maximum absolute atomic E-state index is 11.1. The molecule has 0 aliphatic carbocycles. The van der Waals surface area contributed by atoms with Crippen LogP contribution in [0.25, 0.3) is 0 Å². The van der Waals surface area contributed by atoms with Crippen LogP contribution in [0.2, 0.25) is 0 Å². The molecule has 0 unspecified atom stereocenters. The molecule has 0 radical (unpaired) electrons. The lowest BCUT2D eigenvalue weighted by atomic mass is 10.2. The summed E-state index contributed by atoms with van der Waals surface area (Å²) in [6.45, 7) is 0. The van der Waals surface area contributed by atoms with Crippen molar-refractivity contribution in [1.82, 2.24) is 0 Å². The molecule has 0 spiro atoms. The Bertz CT molecular complexity index is 295. The van der Waals surface area contributed by atoms with E-state index in [1.165, 1.54) is 0 Å². The third-order valence-corrected chi connectivity index (χ3v) is 1.36. The van der Waals surface area contributed by atoms with Gasteiger partial charge in [-0.2, -0.15) is 0 Å². The summed E-state index contributed by atoms with van der Waals surface area (Å²) in [4.78, 5) is 11.1. The van der Waals surface area contributed by atoms with Gasteiger partial charge in [0.05, 0.1) is 5.56 Å². The summed E-state index contributed by atoms with van der Waals surface area (Å²) in [6, 6.07) is 8.61. The monoisotopic (exact) mass is 198 g/mol. The van der Waals surface area contributed by atoms with Gasteiger partial charge >= 0.3 is 5.97 Å². The van der Waals surface area contributed by atoms with Gasteiger partial charge in [-0.3, -0.25) is 0 Å². The van der Waals surface area contributed by atoms with Crippen LogP contribution in [-0.4, -0.2) is 10.4 Å². The van der Waals surface area contributed by atoms with Gasteiger partial charge in [0.15, 0.2) is 0 Å². The highest BCUT2D eigenvalue weighted by Gasteiger charge is 2.06. The highest BCUT2D eigenvalue weighted by molar-refractivity contribution is 8.10. The number of carbonyl (C=O) groups excluding carboxylic acids is 1. The minimum Gasteiger partial charge on any atom is -0.405 e. The van der Waals surface area contributed by atoms with Gasteiger partial charge in [-0.15, -0.1) is 0 Å². The molecule has 0 amide bonds. The van der Waals surface area contributed by atoms with Crippen LogP contribution in [0.1, 0.15) is 10.4 Å². The lowest BCUT2D eigenvalue weighted by Gasteiger charge is -1.99. The van der Waals surface area contributed by atoms with E-state index < -0.39 is 5.97 Å². The Balaban J connectivity index is 2.73. The van der Waals surface area contributed by atoms with E-state index in [1.54, 1.807) is 24.3 Å². The van der Waals surface area contributed by atoms with E-state index in [0.29, 0.717) is 5.56 Å². The maximum atomic E-state index is 11.1. The average Bonchev–Trinajstić information content (AvgIpc) is 2.05. The van der Waals surface area contributed by atoms with Crippen molar-refractivity contribution in [2.45, 2.75) is 0 Å². The fourth-order valence-corrected chi connectivity index (χ4v) is 0.871. The van der Waals surface area contributed by atoms with Gasteiger partial charge in [-0.1, -0.05) is 30.8 Å². The van der Waals surface area contributed by atoms with E-state index in [4.69, 9.17) is 0 Å². The third kappa shape index (κ3) is 2.64. The van der Waals surface area contributed by atoms with Crippen molar-refractivity contribution in [3.63, 3.8) is 0 Å². The minimum absolute atomic E-state index is 0.0659. The molecule has 0 heterocycles. The van der Waals surface area contributed by atoms with Crippen LogP contribution in [0.15, 0.2) is 30.3 Å². The molecule has 0 saturated heterocycles. The summed E-state index contributed by atoms with van der Waals surface area (Å²) >= 11 is 8.17. The zero-order valence-electron chi connectivity index (χ0n) is 6.06. The highest BCUT2D eigenvalue weighted by atomic mass is 32.1. The molecular formula is C8H6O2S2. The van der Waals surface area contributed by atoms with E-state index >= 15 is 0 Å². The van der Waals surface area contributed by atoms with E-state index in [1.807, 2.05) is 6.07 Å². The molecule has 0 fully saturated rings. The molecule has 0 aliphatic heterocycles. The van der Waals surface area contributed by atoms with Gasteiger partial charge in [0.25, 0.3) is 0 Å². The molecule has 12 heavy (non-hydrogen) atoms. The van der Waals surface area contributed by atoms with Crippen molar-refractivity contribution in [3.8, 4) is 0 Å². The summed E-state index contributed by atoms with van der Waals surface area (Å²) in [5.74, 6) is -0.476. The first-order chi connectivity index (χ1) is 5.70. The molecule has 62 valence electrons. The van der Waals surface area contributed by atoms with Crippen molar-refractivity contribution in [3.05, 3.63) is 35.9 Å². The fraction of sp³-hybridized carbons (Fsp3) is 0. The number of hydrogen-bond acceptors (Lipinski definition) is 3. The van der Waals surface area contributed by atoms with Crippen LogP contribution < -0.4 is 0 Å². The number of hydrogen-bond donors (Lipinski definition) is 1. The zero-order chi connectivity index (χ0) is 8.97. The van der Waals surface area contributed by atoms with E-state index in [-0.39, 0.29) is 4.38 Å². The lowest BCUT2D eigenvalue weighted by Crippen LogP contribution is -2.05. The predicted molar refractivity (Wildman–Crippen MR) is 53.4 cm³/mol. The molecule has 0 aromatic heterocycles. The number of thiocarbonyl (C=S) groups is 1. The summed E-state index contributed by atoms with van der Waals surface area (Å²) in [6.07, 6.45) is 0. The fourth-order valence-electron chi connectivity index (χ4n) is 0.712. The van der Waals surface area contributed by atoms with Crippen LogP contribution in [0.3, 0.4) is 0 Å². The average molecular weight is 198 g/mol. The van der Waals surface area contributed by atoms with Crippen molar-refractivity contribution < 1.29 is 9.53 Å². The van der Waals surface area contributed by atoms with Gasteiger partial charge in [-0.05, 0) is 24.4 Å². The van der Waals surface area contributed by atoms with Crippen molar-refractivity contribution in [2.75, 3.05) is 0 Å². The van der Waals surface area contributed by atoms with Crippen molar-refractivity contribution in [1.29, 1.82) is 0 Å². The second-order valence-electron chi connectivity index (χ2n) is 2.02. The van der Waals surface area contributed by atoms with Crippen LogP contribution >= 0.6 is 24.8 Å². The number of rotatable bonds is 1. The van der Waals surface area contributed by atoms with E-state index in [9.17, 15) is 4.79 Å². The van der Waals surface area contributed by atoms with E-state index in [0.717, 1.165) is 0 Å². The number of thiol groups is 1. The number of benzene rings is 1. The normalized spacial score (nSPS) is 9.08. The molecule has 1 rings (SSSR count). The van der Waals surface area contributed by atoms with Crippen LogP contribution in [-0.2, 0) is 4.74 Å². The van der Waals surface area contributed by atoms with Gasteiger partial charge in [0.2, 0.25) is 4.38 Å². The number of carbonyl (C=O) groups is 1. The third-order valence-electron chi connectivity index (χ3n) is 1.19. The van der Waals surface area contributed by atoms with Gasteiger partial charge < -0.3 is 4.74 Å². The predicted octanol–water partition coefficient (Wildman–Crippen LogP) is 2.06. The molecule has 0 aliphatic rings. The lowest BCUT2D eigenvalue weighted by molar-refractivity contribution is 0.0729. The first kappa shape index (κ1) is 9.22. The molecule has 2 nitrogen and oxygen atoms in total. The molecule has 0 bridgehead atoms. The zero-order valence-corrected chi connectivity index (χ0v) is 7.77. The summed E-state index contributed by atoms with van der Waals surface area (Å²) in [5, 5.41) is 0. The summed E-state index contributed by atoms with van der Waals surface area (Å²) < 4.78 is 4.53. The molecular weight excluding hydrogens is 192 g/mol. The van der Waals surface area contributed by atoms with Crippen LogP contribution in [0.4, 0.5) is 0 Å². The first-order valence-electron chi connectivity index (χ1n) is 3.20. The molecule has 4 heteroatoms. The summed E-state index contributed by atoms with van der Waals surface area (Å²) in [5.41, 5.74) is 0.467. The second-order valence-corrected chi connectivity index (χ2v) is 3.10. The smallest absolute Gasteiger partial charge is 0.344 e.